The zero-order chi connectivity index (χ0) is 8.97. The summed E-state index contributed by atoms with van der Waals surface area (Å²) in [6.45, 7) is 2.59. The zero-order valence-corrected chi connectivity index (χ0v) is 7.68. The number of hydrogen-bond donors (Lipinski definition) is 2. The van der Waals surface area contributed by atoms with Crippen molar-refractivity contribution in [1.82, 2.24) is 5.32 Å². The smallest absolute Gasteiger partial charge is 0.223 e. The predicted molar refractivity (Wildman–Crippen MR) is 48.6 cm³/mol. The zero-order valence-electron chi connectivity index (χ0n) is 7.68. The molecule has 0 bridgehead atoms. The molecule has 0 aromatic heterocycles. The Morgan fingerprint density at radius 2 is 2.33 bits per heavy atom. The van der Waals surface area contributed by atoms with E-state index in [1.165, 1.54) is 6.42 Å². The fourth-order valence-electron chi connectivity index (χ4n) is 1.32. The first-order valence-electron chi connectivity index (χ1n) is 4.78. The SMILES string of the molecule is CCC(CN)NC(=O)C1CCC1. The van der Waals surface area contributed by atoms with Gasteiger partial charge in [-0.2, -0.15) is 0 Å². The Kier molecular flexibility index (Phi) is 3.53. The van der Waals surface area contributed by atoms with Gasteiger partial charge in [0.05, 0.1) is 0 Å². The Labute approximate surface area is 73.7 Å². The fraction of sp³-hybridized carbons (Fsp3) is 0.889. The first-order chi connectivity index (χ1) is 5.77. The molecule has 0 heterocycles. The molecule has 70 valence electrons. The normalized spacial score (nSPS) is 19.8. The molecule has 0 radical (unpaired) electrons. The summed E-state index contributed by atoms with van der Waals surface area (Å²) < 4.78 is 0. The third kappa shape index (κ3) is 2.21. The van der Waals surface area contributed by atoms with Gasteiger partial charge in [-0.05, 0) is 19.3 Å². The Balaban J connectivity index is 2.23. The number of nitrogens with two attached hydrogens (primary N) is 1. The number of amides is 1. The van der Waals surface area contributed by atoms with E-state index >= 15 is 0 Å². The maximum absolute atomic E-state index is 11.4. The number of carbonyl (C=O) groups excluding carboxylic acids is 1. The van der Waals surface area contributed by atoms with Crippen LogP contribution in [-0.2, 0) is 4.79 Å². The van der Waals surface area contributed by atoms with Crippen LogP contribution in [-0.4, -0.2) is 18.5 Å². The quantitative estimate of drug-likeness (QED) is 0.650. The van der Waals surface area contributed by atoms with E-state index in [-0.39, 0.29) is 17.9 Å². The van der Waals surface area contributed by atoms with Gasteiger partial charge in [0, 0.05) is 18.5 Å². The first kappa shape index (κ1) is 9.52. The van der Waals surface area contributed by atoms with E-state index in [1.807, 2.05) is 6.92 Å². The second-order valence-corrected chi connectivity index (χ2v) is 3.48. The van der Waals surface area contributed by atoms with Crippen LogP contribution >= 0.6 is 0 Å². The molecular weight excluding hydrogens is 152 g/mol. The van der Waals surface area contributed by atoms with Gasteiger partial charge in [-0.15, -0.1) is 0 Å². The van der Waals surface area contributed by atoms with Crippen molar-refractivity contribution in [3.8, 4) is 0 Å². The maximum Gasteiger partial charge on any atom is 0.223 e. The predicted octanol–water partition coefficient (Wildman–Crippen LogP) is 0.640. The minimum Gasteiger partial charge on any atom is -0.352 e. The molecule has 3 nitrogen and oxygen atoms in total. The molecule has 1 atom stereocenters. The van der Waals surface area contributed by atoms with Crippen molar-refractivity contribution in [3.63, 3.8) is 0 Å². The molecule has 1 rings (SSSR count). The van der Waals surface area contributed by atoms with E-state index in [4.69, 9.17) is 5.73 Å². The molecule has 0 saturated heterocycles. The molecule has 1 aliphatic carbocycles. The average molecular weight is 170 g/mol. The molecular formula is C9H18N2O. The lowest BCUT2D eigenvalue weighted by atomic mass is 9.84. The monoisotopic (exact) mass is 170 g/mol. The van der Waals surface area contributed by atoms with Crippen LogP contribution in [0.2, 0.25) is 0 Å². The number of carbonyl (C=O) groups is 1. The topological polar surface area (TPSA) is 55.1 Å². The van der Waals surface area contributed by atoms with Crippen LogP contribution in [0.5, 0.6) is 0 Å². The fourth-order valence-corrected chi connectivity index (χ4v) is 1.32. The highest BCUT2D eigenvalue weighted by Gasteiger charge is 2.25. The summed E-state index contributed by atoms with van der Waals surface area (Å²) in [7, 11) is 0. The summed E-state index contributed by atoms with van der Waals surface area (Å²) in [6.07, 6.45) is 4.26. The van der Waals surface area contributed by atoms with Crippen molar-refractivity contribution in [1.29, 1.82) is 0 Å². The van der Waals surface area contributed by atoms with Crippen molar-refractivity contribution in [2.75, 3.05) is 6.54 Å². The average Bonchev–Trinajstić information content (AvgIpc) is 1.96. The second-order valence-electron chi connectivity index (χ2n) is 3.48. The summed E-state index contributed by atoms with van der Waals surface area (Å²) in [4.78, 5) is 11.4. The number of nitrogens with one attached hydrogen (secondary N) is 1. The van der Waals surface area contributed by atoms with Crippen LogP contribution in [0, 0.1) is 5.92 Å². The minimum absolute atomic E-state index is 0.179. The Hall–Kier alpha value is -0.570. The molecule has 1 unspecified atom stereocenters. The Bertz CT molecular complexity index is 151. The highest BCUT2D eigenvalue weighted by Crippen LogP contribution is 2.26. The second kappa shape index (κ2) is 4.45. The number of hydrogen-bond acceptors (Lipinski definition) is 2. The van der Waals surface area contributed by atoms with Crippen LogP contribution in [0.25, 0.3) is 0 Å². The largest absolute Gasteiger partial charge is 0.352 e. The molecule has 1 amide bonds. The van der Waals surface area contributed by atoms with E-state index in [9.17, 15) is 4.79 Å². The van der Waals surface area contributed by atoms with Gasteiger partial charge in [0.1, 0.15) is 0 Å². The van der Waals surface area contributed by atoms with E-state index in [1.54, 1.807) is 0 Å². The lowest BCUT2D eigenvalue weighted by Crippen LogP contribution is -2.44. The highest BCUT2D eigenvalue weighted by atomic mass is 16.2. The molecule has 1 saturated carbocycles. The van der Waals surface area contributed by atoms with Gasteiger partial charge in [-0.25, -0.2) is 0 Å². The van der Waals surface area contributed by atoms with E-state index in [0.29, 0.717) is 6.54 Å². The molecule has 0 spiro atoms. The van der Waals surface area contributed by atoms with Crippen molar-refractivity contribution in [2.45, 2.75) is 38.6 Å². The van der Waals surface area contributed by atoms with Gasteiger partial charge in [0.2, 0.25) is 5.91 Å². The van der Waals surface area contributed by atoms with Crippen LogP contribution < -0.4 is 11.1 Å². The third-order valence-electron chi connectivity index (χ3n) is 2.60. The van der Waals surface area contributed by atoms with E-state index in [2.05, 4.69) is 5.32 Å². The summed E-state index contributed by atoms with van der Waals surface area (Å²) in [5, 5.41) is 2.95. The molecule has 1 fully saturated rings. The molecule has 0 aromatic carbocycles. The minimum atomic E-state index is 0.179. The van der Waals surface area contributed by atoms with Gasteiger partial charge in [-0.1, -0.05) is 13.3 Å². The Morgan fingerprint density at radius 1 is 1.67 bits per heavy atom. The van der Waals surface area contributed by atoms with Gasteiger partial charge >= 0.3 is 0 Å². The van der Waals surface area contributed by atoms with Crippen LogP contribution in [0.4, 0.5) is 0 Å². The molecule has 1 aliphatic rings. The molecule has 3 heteroatoms. The third-order valence-corrected chi connectivity index (χ3v) is 2.60. The lowest BCUT2D eigenvalue weighted by Gasteiger charge is -2.26. The van der Waals surface area contributed by atoms with E-state index < -0.39 is 0 Å². The Morgan fingerprint density at radius 3 is 2.67 bits per heavy atom. The molecule has 0 aliphatic heterocycles. The standard InChI is InChI=1S/C9H18N2O/c1-2-8(6-10)11-9(12)7-4-3-5-7/h7-8H,2-6,10H2,1H3,(H,11,12). The summed E-state index contributed by atoms with van der Waals surface area (Å²) in [6, 6.07) is 0.179. The maximum atomic E-state index is 11.4. The van der Waals surface area contributed by atoms with Gasteiger partial charge < -0.3 is 11.1 Å². The summed E-state index contributed by atoms with van der Waals surface area (Å²) in [5.74, 6) is 0.490. The molecule has 3 N–H and O–H groups in total. The van der Waals surface area contributed by atoms with Crippen LogP contribution in [0.1, 0.15) is 32.6 Å². The van der Waals surface area contributed by atoms with Gasteiger partial charge in [0.25, 0.3) is 0 Å². The van der Waals surface area contributed by atoms with Crippen molar-refractivity contribution in [3.05, 3.63) is 0 Å². The van der Waals surface area contributed by atoms with Crippen LogP contribution in [0.15, 0.2) is 0 Å². The highest BCUT2D eigenvalue weighted by molar-refractivity contribution is 5.79. The molecule has 0 aromatic rings. The van der Waals surface area contributed by atoms with E-state index in [0.717, 1.165) is 19.3 Å². The van der Waals surface area contributed by atoms with Crippen molar-refractivity contribution in [2.24, 2.45) is 11.7 Å². The first-order valence-corrected chi connectivity index (χ1v) is 4.78. The summed E-state index contributed by atoms with van der Waals surface area (Å²) >= 11 is 0. The van der Waals surface area contributed by atoms with Crippen LogP contribution in [0.3, 0.4) is 0 Å². The number of rotatable bonds is 4. The van der Waals surface area contributed by atoms with Crippen molar-refractivity contribution < 1.29 is 4.79 Å². The molecule has 12 heavy (non-hydrogen) atoms. The van der Waals surface area contributed by atoms with Gasteiger partial charge in [-0.3, -0.25) is 4.79 Å². The lowest BCUT2D eigenvalue weighted by molar-refractivity contribution is -0.128. The van der Waals surface area contributed by atoms with Crippen molar-refractivity contribution >= 4 is 5.91 Å². The summed E-state index contributed by atoms with van der Waals surface area (Å²) in [5.41, 5.74) is 5.48. The van der Waals surface area contributed by atoms with Gasteiger partial charge in [0.15, 0.2) is 0 Å².